The second kappa shape index (κ2) is 5.60. The minimum absolute atomic E-state index is 0.164. The molecule has 102 valence electrons. The molecule has 3 aromatic rings. The van der Waals surface area contributed by atoms with E-state index in [0.717, 1.165) is 10.5 Å². The lowest BCUT2D eigenvalue weighted by Gasteiger charge is -2.16. The number of imidazole rings is 1. The van der Waals surface area contributed by atoms with Crippen molar-refractivity contribution in [3.05, 3.63) is 48.0 Å². The van der Waals surface area contributed by atoms with Crippen molar-refractivity contribution in [1.82, 2.24) is 19.9 Å². The number of nitrogens with one attached hydrogen (secondary N) is 1. The predicted octanol–water partition coefficient (Wildman–Crippen LogP) is 2.45. The smallest absolute Gasteiger partial charge is 0.181 e. The normalized spacial score (nSPS) is 12.7. The number of hydrogen-bond acceptors (Lipinski definition) is 5. The van der Waals surface area contributed by atoms with Crippen molar-refractivity contribution in [2.24, 2.45) is 5.73 Å². The van der Waals surface area contributed by atoms with Gasteiger partial charge in [-0.2, -0.15) is 0 Å². The predicted molar refractivity (Wildman–Crippen MR) is 80.5 cm³/mol. The average molecular weight is 285 g/mol. The maximum atomic E-state index is 5.95. The van der Waals surface area contributed by atoms with Crippen LogP contribution >= 0.6 is 11.8 Å². The third-order valence-electron chi connectivity index (χ3n) is 3.19. The number of thioether (sulfide) groups is 1. The number of rotatable bonds is 4. The molecule has 2 heterocycles. The molecular weight excluding hydrogens is 270 g/mol. The highest BCUT2D eigenvalue weighted by Gasteiger charge is 2.16. The fourth-order valence-corrected chi connectivity index (χ4v) is 3.29. The Balaban J connectivity index is 1.96. The van der Waals surface area contributed by atoms with Gasteiger partial charge in [0.05, 0.1) is 6.33 Å². The fraction of sp³-hybridized carbons (Fsp3) is 0.214. The first-order valence-corrected chi connectivity index (χ1v) is 7.24. The van der Waals surface area contributed by atoms with Crippen LogP contribution in [0.3, 0.4) is 0 Å². The van der Waals surface area contributed by atoms with E-state index >= 15 is 0 Å². The Bertz CT molecular complexity index is 724. The summed E-state index contributed by atoms with van der Waals surface area (Å²) in [6, 6.07) is 8.29. The quantitative estimate of drug-likeness (QED) is 0.568. The van der Waals surface area contributed by atoms with Crippen LogP contribution in [0, 0.1) is 6.92 Å². The number of benzene rings is 1. The molecule has 0 aliphatic heterocycles. The molecule has 1 unspecified atom stereocenters. The highest BCUT2D eigenvalue weighted by molar-refractivity contribution is 7.99. The molecule has 3 N–H and O–H groups in total. The van der Waals surface area contributed by atoms with Gasteiger partial charge >= 0.3 is 0 Å². The largest absolute Gasteiger partial charge is 0.341 e. The SMILES string of the molecule is Cc1ccccc1C(CN)Sc1ncnc2nc[nH]c12. The molecule has 0 amide bonds. The summed E-state index contributed by atoms with van der Waals surface area (Å²) < 4.78 is 0. The maximum absolute atomic E-state index is 5.95. The van der Waals surface area contributed by atoms with E-state index in [-0.39, 0.29) is 5.25 Å². The molecule has 5 nitrogen and oxygen atoms in total. The van der Waals surface area contributed by atoms with Crippen LogP contribution in [0.4, 0.5) is 0 Å². The van der Waals surface area contributed by atoms with Crippen LogP contribution < -0.4 is 5.73 Å². The first-order chi connectivity index (χ1) is 9.79. The lowest BCUT2D eigenvalue weighted by molar-refractivity contribution is 0.925. The van der Waals surface area contributed by atoms with Gasteiger partial charge in [-0.1, -0.05) is 36.0 Å². The molecule has 1 aromatic carbocycles. The molecule has 0 saturated heterocycles. The van der Waals surface area contributed by atoms with E-state index in [9.17, 15) is 0 Å². The summed E-state index contributed by atoms with van der Waals surface area (Å²) in [5.41, 5.74) is 9.98. The molecule has 0 saturated carbocycles. The molecule has 0 aliphatic rings. The second-order valence-corrected chi connectivity index (χ2v) is 5.67. The van der Waals surface area contributed by atoms with Crippen LogP contribution in [-0.2, 0) is 0 Å². The van der Waals surface area contributed by atoms with Gasteiger partial charge in [0.25, 0.3) is 0 Å². The highest BCUT2D eigenvalue weighted by atomic mass is 32.2. The lowest BCUT2D eigenvalue weighted by Crippen LogP contribution is -2.11. The second-order valence-electron chi connectivity index (χ2n) is 4.48. The minimum atomic E-state index is 0.164. The summed E-state index contributed by atoms with van der Waals surface area (Å²) >= 11 is 1.64. The summed E-state index contributed by atoms with van der Waals surface area (Å²) in [6.45, 7) is 2.65. The number of nitrogens with zero attached hydrogens (tertiary/aromatic N) is 3. The van der Waals surface area contributed by atoms with E-state index in [1.54, 1.807) is 18.1 Å². The molecule has 2 aromatic heterocycles. The molecule has 0 spiro atoms. The van der Waals surface area contributed by atoms with Gasteiger partial charge < -0.3 is 10.7 Å². The number of aromatic amines is 1. The molecular formula is C14H15N5S. The Kier molecular flexibility index (Phi) is 3.66. The van der Waals surface area contributed by atoms with E-state index in [1.165, 1.54) is 17.5 Å². The summed E-state index contributed by atoms with van der Waals surface area (Å²) in [6.07, 6.45) is 3.17. The zero-order valence-corrected chi connectivity index (χ0v) is 11.9. The summed E-state index contributed by atoms with van der Waals surface area (Å²) in [5.74, 6) is 0. The number of H-pyrrole nitrogens is 1. The Labute approximate surface area is 121 Å². The number of nitrogens with two attached hydrogens (primary N) is 1. The Hall–Kier alpha value is -1.92. The van der Waals surface area contributed by atoms with E-state index in [2.05, 4.69) is 39.0 Å². The van der Waals surface area contributed by atoms with Crippen LogP contribution in [-0.4, -0.2) is 26.5 Å². The molecule has 20 heavy (non-hydrogen) atoms. The van der Waals surface area contributed by atoms with Gasteiger partial charge in [-0.3, -0.25) is 0 Å². The number of aromatic nitrogens is 4. The third kappa shape index (κ3) is 2.39. The van der Waals surface area contributed by atoms with Crippen LogP contribution in [0.5, 0.6) is 0 Å². The van der Waals surface area contributed by atoms with E-state index < -0.39 is 0 Å². The molecule has 0 aliphatic carbocycles. The fourth-order valence-electron chi connectivity index (χ4n) is 2.15. The van der Waals surface area contributed by atoms with Gasteiger partial charge in [0.15, 0.2) is 5.65 Å². The van der Waals surface area contributed by atoms with Gasteiger partial charge in [-0.15, -0.1) is 0 Å². The number of fused-ring (bicyclic) bond motifs is 1. The Morgan fingerprint density at radius 2 is 2.10 bits per heavy atom. The minimum Gasteiger partial charge on any atom is -0.341 e. The first kappa shape index (κ1) is 13.1. The number of hydrogen-bond donors (Lipinski definition) is 2. The maximum Gasteiger partial charge on any atom is 0.181 e. The zero-order valence-electron chi connectivity index (χ0n) is 11.1. The lowest BCUT2D eigenvalue weighted by atomic mass is 10.1. The van der Waals surface area contributed by atoms with Gasteiger partial charge in [-0.25, -0.2) is 15.0 Å². The topological polar surface area (TPSA) is 80.5 Å². The van der Waals surface area contributed by atoms with Crippen LogP contribution in [0.25, 0.3) is 11.2 Å². The van der Waals surface area contributed by atoms with E-state index in [0.29, 0.717) is 12.2 Å². The third-order valence-corrected chi connectivity index (χ3v) is 4.46. The Morgan fingerprint density at radius 1 is 1.25 bits per heavy atom. The van der Waals surface area contributed by atoms with Gasteiger partial charge in [0, 0.05) is 11.8 Å². The van der Waals surface area contributed by atoms with Crippen molar-refractivity contribution >= 4 is 22.9 Å². The van der Waals surface area contributed by atoms with Crippen LogP contribution in [0.1, 0.15) is 16.4 Å². The zero-order chi connectivity index (χ0) is 13.9. The summed E-state index contributed by atoms with van der Waals surface area (Å²) in [7, 11) is 0. The van der Waals surface area contributed by atoms with Crippen molar-refractivity contribution < 1.29 is 0 Å². The van der Waals surface area contributed by atoms with E-state index in [1.807, 2.05) is 12.1 Å². The Morgan fingerprint density at radius 3 is 2.90 bits per heavy atom. The molecule has 1 atom stereocenters. The van der Waals surface area contributed by atoms with Crippen LogP contribution in [0.2, 0.25) is 0 Å². The molecule has 0 bridgehead atoms. The van der Waals surface area contributed by atoms with Crippen molar-refractivity contribution in [2.45, 2.75) is 17.2 Å². The standard InChI is InChI=1S/C14H15N5S/c1-9-4-2-3-5-10(9)11(6-15)20-14-12-13(17-7-16-12)18-8-19-14/h2-5,7-8,11H,6,15H2,1H3,(H,16,17,18,19). The first-order valence-electron chi connectivity index (χ1n) is 6.36. The van der Waals surface area contributed by atoms with Crippen LogP contribution in [0.15, 0.2) is 41.9 Å². The molecule has 0 radical (unpaired) electrons. The van der Waals surface area contributed by atoms with Crippen molar-refractivity contribution in [3.63, 3.8) is 0 Å². The monoisotopic (exact) mass is 285 g/mol. The number of aryl methyl sites for hydroxylation is 1. The van der Waals surface area contributed by atoms with Crippen molar-refractivity contribution in [2.75, 3.05) is 6.54 Å². The van der Waals surface area contributed by atoms with Crippen molar-refractivity contribution in [3.8, 4) is 0 Å². The summed E-state index contributed by atoms with van der Waals surface area (Å²) in [4.78, 5) is 15.7. The van der Waals surface area contributed by atoms with Gasteiger partial charge in [0.1, 0.15) is 16.9 Å². The molecule has 3 rings (SSSR count). The van der Waals surface area contributed by atoms with Gasteiger partial charge in [-0.05, 0) is 18.1 Å². The van der Waals surface area contributed by atoms with E-state index in [4.69, 9.17) is 5.73 Å². The average Bonchev–Trinajstić information content (AvgIpc) is 2.95. The molecule has 6 heteroatoms. The molecule has 0 fully saturated rings. The summed E-state index contributed by atoms with van der Waals surface area (Å²) in [5, 5.41) is 1.05. The van der Waals surface area contributed by atoms with Gasteiger partial charge in [0.2, 0.25) is 0 Å². The van der Waals surface area contributed by atoms with Crippen molar-refractivity contribution in [1.29, 1.82) is 0 Å². The highest BCUT2D eigenvalue weighted by Crippen LogP contribution is 2.36.